The zero-order valence-electron chi connectivity index (χ0n) is 20.5. The Hall–Kier alpha value is -3.64. The molecule has 0 radical (unpaired) electrons. The van der Waals surface area contributed by atoms with Gasteiger partial charge in [0.2, 0.25) is 20.2 Å². The number of aliphatic imine (C=N–C) groups is 1. The summed E-state index contributed by atoms with van der Waals surface area (Å²) in [6, 6.07) is 14.3. The van der Waals surface area contributed by atoms with Gasteiger partial charge in [0, 0.05) is 6.42 Å². The fourth-order valence-corrected chi connectivity index (χ4v) is 5.40. The zero-order chi connectivity index (χ0) is 26.6. The van der Waals surface area contributed by atoms with E-state index < -0.39 is 21.0 Å². The van der Waals surface area contributed by atoms with Crippen LogP contribution in [0.3, 0.4) is 0 Å². The molecule has 12 heteroatoms. The van der Waals surface area contributed by atoms with Crippen LogP contribution in [0, 0.1) is 5.41 Å². The van der Waals surface area contributed by atoms with Gasteiger partial charge in [0.15, 0.2) is 0 Å². The fourth-order valence-electron chi connectivity index (χ4n) is 3.33. The number of carbonyl (C=O) groups excluding carboxylic acids is 1. The van der Waals surface area contributed by atoms with E-state index in [2.05, 4.69) is 9.39 Å². The molecule has 0 fully saturated rings. The minimum atomic E-state index is -3.77. The van der Waals surface area contributed by atoms with Crippen molar-refractivity contribution >= 4 is 49.9 Å². The van der Waals surface area contributed by atoms with Gasteiger partial charge < -0.3 is 14.2 Å². The highest BCUT2D eigenvalue weighted by Crippen LogP contribution is 2.31. The molecule has 37 heavy (non-hydrogen) atoms. The van der Waals surface area contributed by atoms with Crippen molar-refractivity contribution in [2.24, 2.45) is 9.39 Å². The van der Waals surface area contributed by atoms with Crippen LogP contribution >= 0.6 is 11.9 Å². The number of nitrogens with zero attached hydrogens (tertiary/aromatic N) is 3. The van der Waals surface area contributed by atoms with E-state index in [4.69, 9.17) is 19.6 Å². The largest absolute Gasteiger partial charge is 0.497 e. The standard InChI is InChI=1S/C25H26N4O6S2/c1-16(2)37(31,32)25-28-36-24-27-23(30)21(22(26)29(24)25)15-17-5-7-19(8-6-17)34-13-4-14-35-20-11-9-18(33-3)10-12-20/h5-12,15-16,26H,4,13-14H2,1-3H3/b21-15-,26-22?. The Bertz CT molecular complexity index is 1380. The summed E-state index contributed by atoms with van der Waals surface area (Å²) >= 11 is 0.773. The Labute approximate surface area is 219 Å². The second kappa shape index (κ2) is 11.2. The van der Waals surface area contributed by atoms with Crippen molar-refractivity contribution in [1.29, 1.82) is 5.41 Å². The number of ether oxygens (including phenoxy) is 3. The smallest absolute Gasteiger partial charge is 0.283 e. The second-order valence-corrected chi connectivity index (χ2v) is 11.4. The molecule has 0 aliphatic carbocycles. The summed E-state index contributed by atoms with van der Waals surface area (Å²) in [5.41, 5.74) is 0.612. The van der Waals surface area contributed by atoms with Crippen molar-refractivity contribution in [3.05, 3.63) is 59.7 Å². The second-order valence-electron chi connectivity index (χ2n) is 8.30. The zero-order valence-corrected chi connectivity index (χ0v) is 22.1. The molecule has 0 aromatic heterocycles. The van der Waals surface area contributed by atoms with Crippen molar-refractivity contribution in [2.75, 3.05) is 20.3 Å². The number of fused-ring (bicyclic) bond motifs is 1. The van der Waals surface area contributed by atoms with Crippen LogP contribution in [-0.4, -0.2) is 61.0 Å². The Morgan fingerprint density at radius 3 is 2.14 bits per heavy atom. The monoisotopic (exact) mass is 542 g/mol. The van der Waals surface area contributed by atoms with Gasteiger partial charge in [-0.2, -0.15) is 9.39 Å². The first kappa shape index (κ1) is 26.4. The molecule has 4 rings (SSSR count). The van der Waals surface area contributed by atoms with E-state index >= 15 is 0 Å². The number of sulfone groups is 1. The first-order chi connectivity index (χ1) is 17.7. The van der Waals surface area contributed by atoms with Crippen molar-refractivity contribution in [1.82, 2.24) is 4.90 Å². The predicted octanol–water partition coefficient (Wildman–Crippen LogP) is 3.94. The SMILES string of the molecule is COc1ccc(OCCCOc2ccc(/C=C3/C(=N)N4C(=NC3=O)SN=C4S(=O)(=O)C(C)C)cc2)cc1. The van der Waals surface area contributed by atoms with Gasteiger partial charge in [-0.1, -0.05) is 12.1 Å². The van der Waals surface area contributed by atoms with Crippen LogP contribution in [0.4, 0.5) is 0 Å². The van der Waals surface area contributed by atoms with Crippen LogP contribution in [0.5, 0.6) is 17.2 Å². The molecule has 0 saturated carbocycles. The quantitative estimate of drug-likeness (QED) is 0.286. The molecule has 1 N–H and O–H groups in total. The number of carbonyl (C=O) groups is 1. The first-order valence-corrected chi connectivity index (χ1v) is 13.7. The Morgan fingerprint density at radius 2 is 1.57 bits per heavy atom. The van der Waals surface area contributed by atoms with E-state index in [1.165, 1.54) is 19.9 Å². The number of nitrogens with one attached hydrogen (secondary N) is 1. The molecular weight excluding hydrogens is 516 g/mol. The molecule has 0 spiro atoms. The number of hydrogen-bond donors (Lipinski definition) is 1. The van der Waals surface area contributed by atoms with Crippen molar-refractivity contribution in [2.45, 2.75) is 25.5 Å². The summed E-state index contributed by atoms with van der Waals surface area (Å²) in [6.45, 7) is 4.02. The summed E-state index contributed by atoms with van der Waals surface area (Å²) in [5.74, 6) is 1.26. The first-order valence-electron chi connectivity index (χ1n) is 11.4. The molecule has 2 aliphatic rings. The third kappa shape index (κ3) is 5.86. The van der Waals surface area contributed by atoms with E-state index in [1.807, 2.05) is 24.3 Å². The maximum absolute atomic E-state index is 12.7. The molecule has 0 bridgehead atoms. The summed E-state index contributed by atoms with van der Waals surface area (Å²) in [6.07, 6.45) is 2.18. The van der Waals surface area contributed by atoms with E-state index in [-0.39, 0.29) is 21.7 Å². The molecule has 10 nitrogen and oxygen atoms in total. The Morgan fingerprint density at radius 1 is 1.00 bits per heavy atom. The number of amidine groups is 3. The number of methoxy groups -OCH3 is 1. The highest BCUT2D eigenvalue weighted by atomic mass is 32.2. The summed E-state index contributed by atoms with van der Waals surface area (Å²) < 4.78 is 45.9. The van der Waals surface area contributed by atoms with Gasteiger partial charge in [-0.05, 0) is 61.9 Å². The topological polar surface area (TPSA) is 131 Å². The number of benzene rings is 2. The minimum Gasteiger partial charge on any atom is -0.497 e. The lowest BCUT2D eigenvalue weighted by molar-refractivity contribution is -0.114. The molecule has 0 unspecified atom stereocenters. The van der Waals surface area contributed by atoms with Crippen LogP contribution in [-0.2, 0) is 14.6 Å². The molecule has 2 aromatic carbocycles. The van der Waals surface area contributed by atoms with Crippen molar-refractivity contribution < 1.29 is 27.4 Å². The van der Waals surface area contributed by atoms with Gasteiger partial charge in [-0.25, -0.2) is 13.3 Å². The Kier molecular flexibility index (Phi) is 7.98. The number of amides is 1. The highest BCUT2D eigenvalue weighted by Gasteiger charge is 2.43. The van der Waals surface area contributed by atoms with Gasteiger partial charge in [0.05, 0.1) is 43.1 Å². The summed E-state index contributed by atoms with van der Waals surface area (Å²) in [5, 5.41) is 7.56. The van der Waals surface area contributed by atoms with Crippen LogP contribution in [0.15, 0.2) is 63.5 Å². The maximum Gasteiger partial charge on any atom is 0.283 e. The molecule has 2 aromatic rings. The highest BCUT2D eigenvalue weighted by molar-refractivity contribution is 8.16. The van der Waals surface area contributed by atoms with Crippen molar-refractivity contribution in [3.63, 3.8) is 0 Å². The molecule has 194 valence electrons. The number of hydrogen-bond acceptors (Lipinski definition) is 9. The predicted molar refractivity (Wildman–Crippen MR) is 144 cm³/mol. The normalized spacial score (nSPS) is 16.5. The molecule has 1 amide bonds. The summed E-state index contributed by atoms with van der Waals surface area (Å²) in [7, 11) is -2.15. The molecule has 0 atom stereocenters. The third-order valence-electron chi connectivity index (χ3n) is 5.45. The lowest BCUT2D eigenvalue weighted by atomic mass is 10.1. The van der Waals surface area contributed by atoms with E-state index in [9.17, 15) is 13.2 Å². The fraction of sp³-hybridized carbons (Fsp3) is 0.280. The molecule has 2 heterocycles. The molecule has 2 aliphatic heterocycles. The average molecular weight is 543 g/mol. The van der Waals surface area contributed by atoms with Crippen LogP contribution in [0.2, 0.25) is 0 Å². The van der Waals surface area contributed by atoms with Gasteiger partial charge in [-0.15, -0.1) is 0 Å². The van der Waals surface area contributed by atoms with Gasteiger partial charge in [0.25, 0.3) is 5.91 Å². The van der Waals surface area contributed by atoms with Crippen LogP contribution in [0.1, 0.15) is 25.8 Å². The average Bonchev–Trinajstić information content (AvgIpc) is 3.32. The van der Waals surface area contributed by atoms with Crippen molar-refractivity contribution in [3.8, 4) is 17.2 Å². The maximum atomic E-state index is 12.7. The van der Waals surface area contributed by atoms with Crippen LogP contribution in [0.25, 0.3) is 6.08 Å². The lowest BCUT2D eigenvalue weighted by Crippen LogP contribution is -2.46. The van der Waals surface area contributed by atoms with Gasteiger partial charge in [-0.3, -0.25) is 10.2 Å². The lowest BCUT2D eigenvalue weighted by Gasteiger charge is -2.25. The van der Waals surface area contributed by atoms with E-state index in [0.717, 1.165) is 28.3 Å². The van der Waals surface area contributed by atoms with Crippen LogP contribution < -0.4 is 14.2 Å². The summed E-state index contributed by atoms with van der Waals surface area (Å²) in [4.78, 5) is 17.6. The Balaban J connectivity index is 1.35. The van der Waals surface area contributed by atoms with E-state index in [0.29, 0.717) is 30.9 Å². The van der Waals surface area contributed by atoms with E-state index in [1.54, 1.807) is 31.4 Å². The molecular formula is C25H26N4O6S2. The van der Waals surface area contributed by atoms with Gasteiger partial charge in [0.1, 0.15) is 23.1 Å². The number of rotatable bonds is 9. The third-order valence-corrected chi connectivity index (χ3v) is 8.29. The molecule has 0 saturated heterocycles. The van der Waals surface area contributed by atoms with Gasteiger partial charge >= 0.3 is 0 Å². The minimum absolute atomic E-state index is 0.0257.